The van der Waals surface area contributed by atoms with Crippen LogP contribution in [0.15, 0.2) is 97.1 Å². The summed E-state index contributed by atoms with van der Waals surface area (Å²) in [4.78, 5) is 78.1. The average Bonchev–Trinajstić information content (AvgIpc) is 3.23. The van der Waals surface area contributed by atoms with E-state index in [2.05, 4.69) is 10.6 Å². The number of aliphatic hydroxyl groups is 4. The number of amides is 2. The highest BCUT2D eigenvalue weighted by Gasteiger charge is 2.32. The maximum Gasteiger partial charge on any atom is 0.408 e. The Balaban J connectivity index is 1.31. The standard InChI is InChI=1S/C50H58N2O12/c1-47(2,59)41(53)33-20-12-29(13-21-33)39(30-14-22-34(23-15-30)42(54)48(3,4)60)63-45(57)51-37-10-9-11-38(28-37)52-46(58)64-40(31-16-24-35(25-17-31)43(55)49(5,6)61)32-18-26-36(27-19-32)44(56)50(7,8)62/h12-27,37-40,59-62H,9-11,28H2,1-8H3,(H,51,57)(H,52,58). The summed E-state index contributed by atoms with van der Waals surface area (Å²) in [5, 5.41) is 46.8. The van der Waals surface area contributed by atoms with Gasteiger partial charge in [0.2, 0.25) is 0 Å². The molecule has 0 heterocycles. The van der Waals surface area contributed by atoms with Crippen LogP contribution in [0.2, 0.25) is 0 Å². The van der Waals surface area contributed by atoms with Crippen LogP contribution in [-0.4, -0.2) is 90.2 Å². The van der Waals surface area contributed by atoms with Crippen molar-refractivity contribution in [3.05, 3.63) is 142 Å². The number of carbonyl (C=O) groups excluding carboxylic acids is 6. The molecular formula is C50H58N2O12. The lowest BCUT2D eigenvalue weighted by Crippen LogP contribution is -2.46. The Bertz CT molecular complexity index is 2020. The summed E-state index contributed by atoms with van der Waals surface area (Å²) in [5.41, 5.74) is -3.39. The Hall–Kier alpha value is -6.06. The molecular weight excluding hydrogens is 821 g/mol. The number of ketones is 4. The highest BCUT2D eigenvalue weighted by atomic mass is 16.6. The second kappa shape index (κ2) is 19.4. The number of rotatable bonds is 16. The third-order valence-electron chi connectivity index (χ3n) is 10.9. The van der Waals surface area contributed by atoms with Crippen LogP contribution in [-0.2, 0) is 9.47 Å². The van der Waals surface area contributed by atoms with Crippen molar-refractivity contribution in [1.82, 2.24) is 10.6 Å². The van der Waals surface area contributed by atoms with Gasteiger partial charge in [-0.15, -0.1) is 0 Å². The molecule has 340 valence electrons. The number of alkyl carbamates (subject to hydrolysis) is 2. The van der Waals surface area contributed by atoms with Crippen molar-refractivity contribution in [2.24, 2.45) is 0 Å². The second-order valence-electron chi connectivity index (χ2n) is 18.5. The van der Waals surface area contributed by atoms with Crippen LogP contribution in [0, 0.1) is 0 Å². The van der Waals surface area contributed by atoms with Crippen molar-refractivity contribution in [3.8, 4) is 0 Å². The Morgan fingerprint density at radius 1 is 0.438 bits per heavy atom. The molecule has 0 radical (unpaired) electrons. The highest BCUT2D eigenvalue weighted by molar-refractivity contribution is 6.03. The second-order valence-corrected chi connectivity index (χ2v) is 18.5. The van der Waals surface area contributed by atoms with Gasteiger partial charge in [-0.2, -0.15) is 0 Å². The average molecular weight is 879 g/mol. The van der Waals surface area contributed by atoms with E-state index >= 15 is 0 Å². The molecule has 4 aromatic carbocycles. The van der Waals surface area contributed by atoms with Crippen molar-refractivity contribution in [1.29, 1.82) is 0 Å². The number of hydrogen-bond acceptors (Lipinski definition) is 12. The molecule has 64 heavy (non-hydrogen) atoms. The minimum absolute atomic E-state index is 0.254. The first-order chi connectivity index (χ1) is 29.7. The Morgan fingerprint density at radius 2 is 0.656 bits per heavy atom. The zero-order valence-corrected chi connectivity index (χ0v) is 37.4. The Morgan fingerprint density at radius 3 is 0.859 bits per heavy atom. The van der Waals surface area contributed by atoms with Crippen LogP contribution in [0.25, 0.3) is 0 Å². The van der Waals surface area contributed by atoms with Crippen LogP contribution < -0.4 is 10.6 Å². The number of hydrogen-bond donors (Lipinski definition) is 6. The molecule has 0 aromatic heterocycles. The first-order valence-corrected chi connectivity index (χ1v) is 21.1. The molecule has 2 amide bonds. The van der Waals surface area contributed by atoms with Gasteiger partial charge >= 0.3 is 12.2 Å². The van der Waals surface area contributed by atoms with Gasteiger partial charge in [-0.05, 0) is 103 Å². The van der Waals surface area contributed by atoms with E-state index in [0.29, 0.717) is 47.9 Å². The van der Waals surface area contributed by atoms with E-state index in [0.717, 1.165) is 0 Å². The number of Topliss-reactive ketones (excluding diaryl/α,β-unsaturated/α-hetero) is 4. The van der Waals surface area contributed by atoms with Crippen LogP contribution in [0.4, 0.5) is 9.59 Å². The van der Waals surface area contributed by atoms with Gasteiger partial charge in [0.25, 0.3) is 0 Å². The Labute approximate surface area is 373 Å². The third-order valence-corrected chi connectivity index (χ3v) is 10.9. The van der Waals surface area contributed by atoms with E-state index in [1.165, 1.54) is 104 Å². The van der Waals surface area contributed by atoms with Crippen molar-refractivity contribution in [2.75, 3.05) is 0 Å². The lowest BCUT2D eigenvalue weighted by Gasteiger charge is -2.31. The summed E-state index contributed by atoms with van der Waals surface area (Å²) in [6, 6.07) is 24.3. The summed E-state index contributed by atoms with van der Waals surface area (Å²) >= 11 is 0. The van der Waals surface area contributed by atoms with E-state index in [1.807, 2.05) is 0 Å². The molecule has 5 rings (SSSR count). The third kappa shape index (κ3) is 12.6. The molecule has 0 spiro atoms. The summed E-state index contributed by atoms with van der Waals surface area (Å²) in [7, 11) is 0. The summed E-state index contributed by atoms with van der Waals surface area (Å²) in [5.74, 6) is -1.97. The highest BCUT2D eigenvalue weighted by Crippen LogP contribution is 2.31. The minimum Gasteiger partial charge on any atom is -0.436 e. The summed E-state index contributed by atoms with van der Waals surface area (Å²) in [6.45, 7) is 11.1. The van der Waals surface area contributed by atoms with Crippen molar-refractivity contribution >= 4 is 35.3 Å². The molecule has 6 N–H and O–H groups in total. The largest absolute Gasteiger partial charge is 0.436 e. The fourth-order valence-electron chi connectivity index (χ4n) is 7.37. The number of nitrogens with one attached hydrogen (secondary N) is 2. The predicted molar refractivity (Wildman–Crippen MR) is 237 cm³/mol. The van der Waals surface area contributed by atoms with Gasteiger partial charge in [0.1, 0.15) is 22.4 Å². The molecule has 2 atom stereocenters. The fraction of sp³-hybridized carbons (Fsp3) is 0.400. The van der Waals surface area contributed by atoms with Gasteiger partial charge in [0.05, 0.1) is 0 Å². The normalized spacial score (nSPS) is 15.9. The molecule has 14 nitrogen and oxygen atoms in total. The summed E-state index contributed by atoms with van der Waals surface area (Å²) in [6.07, 6.45) is -1.36. The van der Waals surface area contributed by atoms with Crippen LogP contribution in [0.1, 0.15) is 157 Å². The topological polar surface area (TPSA) is 226 Å². The monoisotopic (exact) mass is 878 g/mol. The molecule has 1 fully saturated rings. The van der Waals surface area contributed by atoms with Crippen LogP contribution >= 0.6 is 0 Å². The SMILES string of the molecule is CC(C)(O)C(=O)c1ccc(C(OC(=O)NC2CCCC(NC(=O)OC(c3ccc(C(=O)C(C)(C)O)cc3)c3ccc(C(=O)C(C)(C)O)cc3)C2)c2ccc(C(=O)C(C)(C)O)cc2)cc1. The van der Waals surface area contributed by atoms with E-state index < -0.39 is 82.0 Å². The van der Waals surface area contributed by atoms with Gasteiger partial charge in [-0.25, -0.2) is 9.59 Å². The van der Waals surface area contributed by atoms with E-state index in [9.17, 15) is 49.2 Å². The predicted octanol–water partition coefficient (Wildman–Crippen LogP) is 7.14. The maximum atomic E-state index is 13.6. The van der Waals surface area contributed by atoms with Crippen LogP contribution in [0.3, 0.4) is 0 Å². The minimum atomic E-state index is -1.60. The molecule has 1 aliphatic rings. The van der Waals surface area contributed by atoms with Gasteiger partial charge in [-0.3, -0.25) is 19.2 Å². The Kier molecular flexibility index (Phi) is 14.8. The molecule has 14 heteroatoms. The first kappa shape index (κ1) is 49.0. The first-order valence-electron chi connectivity index (χ1n) is 21.1. The molecule has 4 aromatic rings. The van der Waals surface area contributed by atoms with Crippen LogP contribution in [0.5, 0.6) is 0 Å². The van der Waals surface area contributed by atoms with Crippen molar-refractivity contribution in [3.63, 3.8) is 0 Å². The fourth-order valence-corrected chi connectivity index (χ4v) is 7.37. The van der Waals surface area contributed by atoms with Gasteiger partial charge in [0, 0.05) is 34.3 Å². The molecule has 0 aliphatic heterocycles. The quantitative estimate of drug-likeness (QED) is 0.0618. The molecule has 0 bridgehead atoms. The van der Waals surface area contributed by atoms with Gasteiger partial charge < -0.3 is 40.5 Å². The summed E-state index contributed by atoms with van der Waals surface area (Å²) < 4.78 is 12.0. The number of benzene rings is 4. The zero-order valence-electron chi connectivity index (χ0n) is 37.4. The molecule has 1 aliphatic carbocycles. The van der Waals surface area contributed by atoms with Gasteiger partial charge in [0.15, 0.2) is 35.3 Å². The maximum absolute atomic E-state index is 13.6. The van der Waals surface area contributed by atoms with E-state index in [4.69, 9.17) is 9.47 Å². The van der Waals surface area contributed by atoms with Gasteiger partial charge in [-0.1, -0.05) is 97.1 Å². The lowest BCUT2D eigenvalue weighted by molar-refractivity contribution is 0.0487. The molecule has 0 saturated heterocycles. The molecule has 1 saturated carbocycles. The lowest BCUT2D eigenvalue weighted by atomic mass is 9.91. The van der Waals surface area contributed by atoms with E-state index in [1.54, 1.807) is 48.5 Å². The van der Waals surface area contributed by atoms with E-state index in [-0.39, 0.29) is 22.3 Å². The van der Waals surface area contributed by atoms with Crippen molar-refractivity contribution < 1.29 is 58.7 Å². The number of ether oxygens (including phenoxy) is 2. The zero-order chi connectivity index (χ0) is 47.4. The smallest absolute Gasteiger partial charge is 0.408 e. The van der Waals surface area contributed by atoms with Crippen molar-refractivity contribution in [2.45, 2.75) is 128 Å². The molecule has 2 unspecified atom stereocenters. The number of carbonyl (C=O) groups is 6.